The molecule has 28 heavy (non-hydrogen) atoms. The molecule has 0 saturated heterocycles. The third kappa shape index (κ3) is 5.18. The largest absolute Gasteiger partial charge is 0.459 e. The summed E-state index contributed by atoms with van der Waals surface area (Å²) in [5.41, 5.74) is 0.706. The maximum absolute atomic E-state index is 12.0. The van der Waals surface area contributed by atoms with Crippen molar-refractivity contribution in [1.82, 2.24) is 4.98 Å². The molecule has 0 bridgehead atoms. The van der Waals surface area contributed by atoms with Crippen molar-refractivity contribution in [2.45, 2.75) is 0 Å². The molecule has 2 heterocycles. The molecule has 3 rings (SSSR count). The van der Waals surface area contributed by atoms with Crippen molar-refractivity contribution < 1.29 is 23.5 Å². The van der Waals surface area contributed by atoms with Gasteiger partial charge in [-0.1, -0.05) is 11.6 Å². The summed E-state index contributed by atoms with van der Waals surface area (Å²) in [6.07, 6.45) is 2.78. The number of halogens is 1. The van der Waals surface area contributed by atoms with Gasteiger partial charge in [0.1, 0.15) is 5.82 Å². The number of furan rings is 1. The standard InChI is InChI=1S/C19H14ClN3O5/c20-13-5-8-16(21-10-13)23-17(24)11-28-19(26)12-3-6-14(7-4-12)22-18(25)15-2-1-9-27-15/h1-10H,11H2,(H,22,25)(H,21,23,24). The van der Waals surface area contributed by atoms with E-state index in [1.54, 1.807) is 12.1 Å². The molecule has 1 aromatic carbocycles. The van der Waals surface area contributed by atoms with Crippen molar-refractivity contribution in [3.05, 3.63) is 77.3 Å². The molecule has 0 aliphatic rings. The van der Waals surface area contributed by atoms with Gasteiger partial charge in [-0.05, 0) is 48.5 Å². The van der Waals surface area contributed by atoms with E-state index in [1.165, 1.54) is 48.9 Å². The van der Waals surface area contributed by atoms with Crippen LogP contribution < -0.4 is 10.6 Å². The first-order chi connectivity index (χ1) is 13.5. The van der Waals surface area contributed by atoms with E-state index in [4.69, 9.17) is 20.8 Å². The zero-order chi connectivity index (χ0) is 19.9. The summed E-state index contributed by atoms with van der Waals surface area (Å²) in [6.45, 7) is -0.472. The molecular formula is C19H14ClN3O5. The van der Waals surface area contributed by atoms with Crippen LogP contribution in [0.1, 0.15) is 20.9 Å². The van der Waals surface area contributed by atoms with Crippen molar-refractivity contribution in [3.8, 4) is 0 Å². The number of aromatic nitrogens is 1. The van der Waals surface area contributed by atoms with Crippen LogP contribution in [0.5, 0.6) is 0 Å². The van der Waals surface area contributed by atoms with Crippen LogP contribution in [0.2, 0.25) is 5.02 Å². The summed E-state index contributed by atoms with van der Waals surface area (Å²) < 4.78 is 9.96. The smallest absolute Gasteiger partial charge is 0.338 e. The maximum Gasteiger partial charge on any atom is 0.338 e. The molecule has 0 atom stereocenters. The topological polar surface area (TPSA) is 111 Å². The quantitative estimate of drug-likeness (QED) is 0.615. The van der Waals surface area contributed by atoms with Crippen molar-refractivity contribution in [1.29, 1.82) is 0 Å². The van der Waals surface area contributed by atoms with Crippen LogP contribution in [-0.2, 0) is 9.53 Å². The average Bonchev–Trinajstić information content (AvgIpc) is 3.23. The minimum atomic E-state index is -0.678. The fraction of sp³-hybridized carbons (Fsp3) is 0.0526. The SMILES string of the molecule is O=C(COC(=O)c1ccc(NC(=O)c2ccco2)cc1)Nc1ccc(Cl)cn1. The molecule has 9 heteroatoms. The number of carbonyl (C=O) groups excluding carboxylic acids is 3. The molecule has 2 N–H and O–H groups in total. The van der Waals surface area contributed by atoms with Gasteiger partial charge in [-0.25, -0.2) is 9.78 Å². The highest BCUT2D eigenvalue weighted by Gasteiger charge is 2.12. The lowest BCUT2D eigenvalue weighted by molar-refractivity contribution is -0.119. The molecule has 0 saturated carbocycles. The normalized spacial score (nSPS) is 10.2. The lowest BCUT2D eigenvalue weighted by Gasteiger charge is -2.07. The first kappa shape index (κ1) is 19.1. The highest BCUT2D eigenvalue weighted by Crippen LogP contribution is 2.13. The number of pyridine rings is 1. The summed E-state index contributed by atoms with van der Waals surface area (Å²) in [5, 5.41) is 5.54. The molecular weight excluding hydrogens is 386 g/mol. The fourth-order valence-corrected chi connectivity index (χ4v) is 2.25. The molecule has 142 valence electrons. The first-order valence-electron chi connectivity index (χ1n) is 8.05. The summed E-state index contributed by atoms with van der Waals surface area (Å²) >= 11 is 5.71. The van der Waals surface area contributed by atoms with Crippen LogP contribution in [0.25, 0.3) is 0 Å². The molecule has 0 radical (unpaired) electrons. The van der Waals surface area contributed by atoms with Crippen LogP contribution in [0.3, 0.4) is 0 Å². The molecule has 3 aromatic rings. The van der Waals surface area contributed by atoms with Gasteiger partial charge < -0.3 is 19.8 Å². The second-order valence-electron chi connectivity index (χ2n) is 5.49. The molecule has 8 nitrogen and oxygen atoms in total. The van der Waals surface area contributed by atoms with Gasteiger partial charge in [-0.3, -0.25) is 9.59 Å². The van der Waals surface area contributed by atoms with Gasteiger partial charge in [0.25, 0.3) is 11.8 Å². The Hall–Kier alpha value is -3.65. The number of nitrogens with zero attached hydrogens (tertiary/aromatic N) is 1. The second kappa shape index (κ2) is 8.83. The van der Waals surface area contributed by atoms with E-state index in [9.17, 15) is 14.4 Å². The summed E-state index contributed by atoms with van der Waals surface area (Å²) in [5.74, 6) is -1.16. The van der Waals surface area contributed by atoms with Crippen LogP contribution in [0.4, 0.5) is 11.5 Å². The minimum Gasteiger partial charge on any atom is -0.459 e. The van der Waals surface area contributed by atoms with E-state index in [2.05, 4.69) is 15.6 Å². The van der Waals surface area contributed by atoms with Crippen LogP contribution in [0.15, 0.2) is 65.4 Å². The summed E-state index contributed by atoms with van der Waals surface area (Å²) in [7, 11) is 0. The van der Waals surface area contributed by atoms with Crippen molar-refractivity contribution in [2.75, 3.05) is 17.2 Å². The van der Waals surface area contributed by atoms with E-state index in [0.29, 0.717) is 16.5 Å². The Morgan fingerprint density at radius 1 is 1.04 bits per heavy atom. The van der Waals surface area contributed by atoms with E-state index >= 15 is 0 Å². The van der Waals surface area contributed by atoms with E-state index in [1.807, 2.05) is 0 Å². The summed E-state index contributed by atoms with van der Waals surface area (Å²) in [6, 6.07) is 12.3. The van der Waals surface area contributed by atoms with E-state index in [0.717, 1.165) is 0 Å². The zero-order valence-corrected chi connectivity index (χ0v) is 15.1. The number of hydrogen-bond acceptors (Lipinski definition) is 6. The second-order valence-corrected chi connectivity index (χ2v) is 5.93. The van der Waals surface area contributed by atoms with Gasteiger partial charge in [0.15, 0.2) is 12.4 Å². The monoisotopic (exact) mass is 399 g/mol. The highest BCUT2D eigenvalue weighted by molar-refractivity contribution is 6.30. The molecule has 0 aliphatic carbocycles. The molecule has 0 unspecified atom stereocenters. The number of ether oxygens (including phenoxy) is 1. The van der Waals surface area contributed by atoms with Crippen molar-refractivity contribution >= 4 is 40.9 Å². The van der Waals surface area contributed by atoms with E-state index < -0.39 is 24.4 Å². The minimum absolute atomic E-state index is 0.171. The Balaban J connectivity index is 1.49. The number of rotatable bonds is 6. The third-order valence-electron chi connectivity index (χ3n) is 3.45. The first-order valence-corrected chi connectivity index (χ1v) is 8.42. The van der Waals surface area contributed by atoms with Crippen LogP contribution in [0, 0.1) is 0 Å². The molecule has 0 aliphatic heterocycles. The Morgan fingerprint density at radius 3 is 2.46 bits per heavy atom. The number of benzene rings is 1. The number of carbonyl (C=O) groups is 3. The molecule has 2 amide bonds. The van der Waals surface area contributed by atoms with Gasteiger partial charge in [0.2, 0.25) is 0 Å². The van der Waals surface area contributed by atoms with E-state index in [-0.39, 0.29) is 11.3 Å². The Bertz CT molecular complexity index is 970. The predicted molar refractivity (Wildman–Crippen MR) is 101 cm³/mol. The van der Waals surface area contributed by atoms with Gasteiger partial charge in [-0.15, -0.1) is 0 Å². The van der Waals surface area contributed by atoms with Gasteiger partial charge in [-0.2, -0.15) is 0 Å². The maximum atomic E-state index is 12.0. The third-order valence-corrected chi connectivity index (χ3v) is 3.68. The number of nitrogens with one attached hydrogen (secondary N) is 2. The Morgan fingerprint density at radius 2 is 1.82 bits per heavy atom. The van der Waals surface area contributed by atoms with Gasteiger partial charge >= 0.3 is 5.97 Å². The molecule has 2 aromatic heterocycles. The Labute approximate surface area is 164 Å². The predicted octanol–water partition coefficient (Wildman–Crippen LogP) is 3.38. The fourth-order valence-electron chi connectivity index (χ4n) is 2.13. The van der Waals surface area contributed by atoms with Gasteiger partial charge in [0.05, 0.1) is 16.8 Å². The summed E-state index contributed by atoms with van der Waals surface area (Å²) in [4.78, 5) is 39.6. The molecule has 0 fully saturated rings. The highest BCUT2D eigenvalue weighted by atomic mass is 35.5. The van der Waals surface area contributed by atoms with Crippen LogP contribution in [-0.4, -0.2) is 29.4 Å². The average molecular weight is 400 g/mol. The Kier molecular flexibility index (Phi) is 6.03. The zero-order valence-electron chi connectivity index (χ0n) is 14.3. The lowest BCUT2D eigenvalue weighted by atomic mass is 10.2. The van der Waals surface area contributed by atoms with Crippen LogP contribution >= 0.6 is 11.6 Å². The van der Waals surface area contributed by atoms with Gasteiger partial charge in [0, 0.05) is 11.9 Å². The number of amides is 2. The van der Waals surface area contributed by atoms with Crippen molar-refractivity contribution in [3.63, 3.8) is 0 Å². The molecule has 0 spiro atoms. The number of esters is 1. The lowest BCUT2D eigenvalue weighted by Crippen LogP contribution is -2.21. The van der Waals surface area contributed by atoms with Crippen molar-refractivity contribution in [2.24, 2.45) is 0 Å². The number of hydrogen-bond donors (Lipinski definition) is 2. The number of anilines is 2.